The lowest BCUT2D eigenvalue weighted by atomic mass is 10.1. The first-order valence-electron chi connectivity index (χ1n) is 8.20. The van der Waals surface area contributed by atoms with Gasteiger partial charge in [0.1, 0.15) is 0 Å². The Morgan fingerprint density at radius 2 is 1.50 bits per heavy atom. The van der Waals surface area contributed by atoms with E-state index in [1.54, 1.807) is 0 Å². The second-order valence-corrected chi connectivity index (χ2v) is 6.61. The van der Waals surface area contributed by atoms with Crippen LogP contribution in [0.15, 0.2) is 0 Å². The summed E-state index contributed by atoms with van der Waals surface area (Å²) in [5, 5.41) is 3.74. The SMILES string of the molecule is CCC(CC)NCC(C)N(CC1CC1)CC1CC1. The molecule has 2 nitrogen and oxygen atoms in total. The normalized spacial score (nSPS) is 21.8. The second kappa shape index (κ2) is 6.91. The van der Waals surface area contributed by atoms with Gasteiger partial charge in [0.25, 0.3) is 0 Å². The van der Waals surface area contributed by atoms with E-state index < -0.39 is 0 Å². The Morgan fingerprint density at radius 1 is 1.00 bits per heavy atom. The molecule has 1 unspecified atom stereocenters. The molecule has 18 heavy (non-hydrogen) atoms. The minimum Gasteiger partial charge on any atom is -0.312 e. The maximum atomic E-state index is 3.74. The van der Waals surface area contributed by atoms with Crippen LogP contribution in [0.1, 0.15) is 59.3 Å². The molecule has 106 valence electrons. The Morgan fingerprint density at radius 3 is 1.89 bits per heavy atom. The zero-order valence-electron chi connectivity index (χ0n) is 12.6. The number of hydrogen-bond acceptors (Lipinski definition) is 2. The average molecular weight is 252 g/mol. The highest BCUT2D eigenvalue weighted by Gasteiger charge is 2.31. The lowest BCUT2D eigenvalue weighted by molar-refractivity contribution is 0.183. The zero-order valence-corrected chi connectivity index (χ0v) is 12.6. The Labute approximate surface area is 114 Å². The van der Waals surface area contributed by atoms with Gasteiger partial charge in [-0.3, -0.25) is 4.90 Å². The molecule has 2 rings (SSSR count). The van der Waals surface area contributed by atoms with Crippen molar-refractivity contribution in [1.29, 1.82) is 0 Å². The molecule has 1 N–H and O–H groups in total. The van der Waals surface area contributed by atoms with Gasteiger partial charge >= 0.3 is 0 Å². The Bertz CT molecular complexity index is 215. The summed E-state index contributed by atoms with van der Waals surface area (Å²) in [6.07, 6.45) is 8.44. The molecule has 2 saturated carbocycles. The number of nitrogens with one attached hydrogen (secondary N) is 1. The minimum absolute atomic E-state index is 0.715. The molecule has 0 aliphatic heterocycles. The molecule has 2 heteroatoms. The summed E-state index contributed by atoms with van der Waals surface area (Å²) in [6.45, 7) is 10.9. The van der Waals surface area contributed by atoms with Crippen LogP contribution in [0.4, 0.5) is 0 Å². The molecule has 2 fully saturated rings. The van der Waals surface area contributed by atoms with Gasteiger partial charge in [-0.1, -0.05) is 13.8 Å². The molecule has 0 aromatic heterocycles. The lowest BCUT2D eigenvalue weighted by Gasteiger charge is -2.30. The van der Waals surface area contributed by atoms with Gasteiger partial charge in [-0.05, 0) is 57.3 Å². The van der Waals surface area contributed by atoms with Crippen molar-refractivity contribution < 1.29 is 0 Å². The summed E-state index contributed by atoms with van der Waals surface area (Å²) in [4.78, 5) is 2.77. The summed E-state index contributed by atoms with van der Waals surface area (Å²) in [5.74, 6) is 2.05. The van der Waals surface area contributed by atoms with Crippen LogP contribution in [0, 0.1) is 11.8 Å². The van der Waals surface area contributed by atoms with Crippen LogP contribution in [0.25, 0.3) is 0 Å². The maximum absolute atomic E-state index is 3.74. The molecule has 0 saturated heterocycles. The van der Waals surface area contributed by atoms with Gasteiger partial charge in [0.15, 0.2) is 0 Å². The molecule has 1 atom stereocenters. The van der Waals surface area contributed by atoms with Crippen LogP contribution in [0.3, 0.4) is 0 Å². The summed E-state index contributed by atoms with van der Waals surface area (Å²) in [5.41, 5.74) is 0. The van der Waals surface area contributed by atoms with Crippen LogP contribution in [-0.2, 0) is 0 Å². The van der Waals surface area contributed by atoms with Crippen molar-refractivity contribution in [2.75, 3.05) is 19.6 Å². The van der Waals surface area contributed by atoms with Gasteiger partial charge in [0, 0.05) is 31.7 Å². The third-order valence-corrected chi connectivity index (χ3v) is 4.69. The molecule has 0 aromatic rings. The molecule has 0 heterocycles. The third kappa shape index (κ3) is 4.89. The molecule has 2 aliphatic rings. The third-order valence-electron chi connectivity index (χ3n) is 4.69. The molecule has 0 spiro atoms. The summed E-state index contributed by atoms with van der Waals surface area (Å²) < 4.78 is 0. The van der Waals surface area contributed by atoms with Crippen LogP contribution in [-0.4, -0.2) is 36.6 Å². The smallest absolute Gasteiger partial charge is 0.0192 e. The summed E-state index contributed by atoms with van der Waals surface area (Å²) >= 11 is 0. The first-order chi connectivity index (χ1) is 8.72. The van der Waals surface area contributed by atoms with Crippen molar-refractivity contribution in [3.05, 3.63) is 0 Å². The van der Waals surface area contributed by atoms with E-state index in [-0.39, 0.29) is 0 Å². The van der Waals surface area contributed by atoms with E-state index in [1.807, 2.05) is 0 Å². The van der Waals surface area contributed by atoms with Gasteiger partial charge in [-0.2, -0.15) is 0 Å². The fourth-order valence-corrected chi connectivity index (χ4v) is 2.74. The summed E-state index contributed by atoms with van der Waals surface area (Å²) in [6, 6.07) is 1.43. The van der Waals surface area contributed by atoms with Crippen molar-refractivity contribution in [2.24, 2.45) is 11.8 Å². The van der Waals surface area contributed by atoms with Crippen LogP contribution >= 0.6 is 0 Å². The van der Waals surface area contributed by atoms with E-state index in [1.165, 1.54) is 58.2 Å². The van der Waals surface area contributed by atoms with Crippen molar-refractivity contribution in [2.45, 2.75) is 71.4 Å². The van der Waals surface area contributed by atoms with E-state index >= 15 is 0 Å². The molecule has 0 amide bonds. The Kier molecular flexibility index (Phi) is 5.50. The molecule has 0 bridgehead atoms. The highest BCUT2D eigenvalue weighted by atomic mass is 15.2. The quantitative estimate of drug-likeness (QED) is 0.642. The first kappa shape index (κ1) is 14.3. The molecule has 0 aromatic carbocycles. The van der Waals surface area contributed by atoms with Crippen molar-refractivity contribution in [3.8, 4) is 0 Å². The maximum Gasteiger partial charge on any atom is 0.0192 e. The highest BCUT2D eigenvalue weighted by Crippen LogP contribution is 2.34. The minimum atomic E-state index is 0.715. The van der Waals surface area contributed by atoms with Crippen molar-refractivity contribution in [1.82, 2.24) is 10.2 Å². The van der Waals surface area contributed by atoms with Crippen molar-refractivity contribution in [3.63, 3.8) is 0 Å². The molecule has 0 radical (unpaired) electrons. The summed E-state index contributed by atoms with van der Waals surface area (Å²) in [7, 11) is 0. The average Bonchev–Trinajstić information content (AvgIpc) is 3.24. The van der Waals surface area contributed by atoms with E-state index in [2.05, 4.69) is 31.0 Å². The zero-order chi connectivity index (χ0) is 13.0. The molecule has 2 aliphatic carbocycles. The number of rotatable bonds is 10. The standard InChI is InChI=1S/C16H32N2/c1-4-16(5-2)17-10-13(3)18(11-14-6-7-14)12-15-8-9-15/h13-17H,4-12H2,1-3H3. The van der Waals surface area contributed by atoms with Gasteiger partial charge in [-0.15, -0.1) is 0 Å². The van der Waals surface area contributed by atoms with Crippen molar-refractivity contribution >= 4 is 0 Å². The number of hydrogen-bond donors (Lipinski definition) is 1. The monoisotopic (exact) mass is 252 g/mol. The second-order valence-electron chi connectivity index (χ2n) is 6.61. The van der Waals surface area contributed by atoms with Gasteiger partial charge in [-0.25, -0.2) is 0 Å². The first-order valence-corrected chi connectivity index (χ1v) is 8.20. The Balaban J connectivity index is 1.72. The van der Waals surface area contributed by atoms with Crippen LogP contribution in [0.5, 0.6) is 0 Å². The van der Waals surface area contributed by atoms with Gasteiger partial charge < -0.3 is 5.32 Å². The van der Waals surface area contributed by atoms with E-state index in [9.17, 15) is 0 Å². The Hall–Kier alpha value is -0.0800. The van der Waals surface area contributed by atoms with Crippen LogP contribution in [0.2, 0.25) is 0 Å². The predicted octanol–water partition coefficient (Wildman–Crippen LogP) is 3.28. The van der Waals surface area contributed by atoms with Gasteiger partial charge in [0.2, 0.25) is 0 Å². The van der Waals surface area contributed by atoms with E-state index in [4.69, 9.17) is 0 Å². The lowest BCUT2D eigenvalue weighted by Crippen LogP contribution is -2.44. The van der Waals surface area contributed by atoms with Gasteiger partial charge in [0.05, 0.1) is 0 Å². The fraction of sp³-hybridized carbons (Fsp3) is 1.00. The molecular weight excluding hydrogens is 220 g/mol. The fourth-order valence-electron chi connectivity index (χ4n) is 2.74. The van der Waals surface area contributed by atoms with E-state index in [0.717, 1.165) is 17.9 Å². The number of nitrogens with zero attached hydrogens (tertiary/aromatic N) is 1. The highest BCUT2D eigenvalue weighted by molar-refractivity contribution is 4.85. The van der Waals surface area contributed by atoms with E-state index in [0.29, 0.717) is 6.04 Å². The predicted molar refractivity (Wildman–Crippen MR) is 78.9 cm³/mol. The largest absolute Gasteiger partial charge is 0.312 e. The molecular formula is C16H32N2. The van der Waals surface area contributed by atoms with Crippen LogP contribution < -0.4 is 5.32 Å². The topological polar surface area (TPSA) is 15.3 Å².